The molecule has 5 heteroatoms. The maximum Gasteiger partial charge on any atom is 0.321 e. The lowest BCUT2D eigenvalue weighted by Gasteiger charge is -2.09. The van der Waals surface area contributed by atoms with Crippen LogP contribution < -0.4 is 9.44 Å². The zero-order valence-electron chi connectivity index (χ0n) is 9.84. The first-order chi connectivity index (χ1) is 9.16. The monoisotopic (exact) mass is 270 g/mol. The van der Waals surface area contributed by atoms with E-state index in [1.54, 1.807) is 0 Å². The van der Waals surface area contributed by atoms with Gasteiger partial charge in [0.2, 0.25) is 0 Å². The number of hydrogen-bond donors (Lipinski definition) is 2. The highest BCUT2D eigenvalue weighted by molar-refractivity contribution is 7.94. The van der Waals surface area contributed by atoms with Crippen molar-refractivity contribution in [3.8, 4) is 0 Å². The molecule has 3 aromatic carbocycles. The third-order valence-corrected chi connectivity index (χ3v) is 4.35. The Bertz CT molecular complexity index is 862. The fraction of sp³-hybridized carbons (Fsp3) is 0. The third kappa shape index (κ3) is 1.42. The van der Waals surface area contributed by atoms with Crippen molar-refractivity contribution < 1.29 is 8.42 Å². The van der Waals surface area contributed by atoms with Crippen molar-refractivity contribution in [3.63, 3.8) is 0 Å². The molecule has 3 aromatic rings. The molecule has 1 aliphatic rings. The second-order valence-electron chi connectivity index (χ2n) is 4.55. The number of rotatable bonds is 0. The maximum atomic E-state index is 11.8. The molecule has 94 valence electrons. The van der Waals surface area contributed by atoms with Crippen LogP contribution in [-0.2, 0) is 10.2 Å². The van der Waals surface area contributed by atoms with Gasteiger partial charge in [-0.2, -0.15) is 8.42 Å². The molecule has 0 spiro atoms. The summed E-state index contributed by atoms with van der Waals surface area (Å²) in [5, 5.41) is 3.90. The van der Waals surface area contributed by atoms with Gasteiger partial charge in [-0.05, 0) is 10.8 Å². The second kappa shape index (κ2) is 3.39. The number of benzene rings is 3. The summed E-state index contributed by atoms with van der Waals surface area (Å²) >= 11 is 0. The van der Waals surface area contributed by atoms with Gasteiger partial charge >= 0.3 is 10.2 Å². The molecule has 0 saturated carbocycles. The van der Waals surface area contributed by atoms with Crippen LogP contribution in [0.2, 0.25) is 0 Å². The van der Waals surface area contributed by atoms with Crippen LogP contribution in [0.4, 0.5) is 11.4 Å². The molecule has 0 radical (unpaired) electrons. The molecule has 4 rings (SSSR count). The summed E-state index contributed by atoms with van der Waals surface area (Å²) in [6.07, 6.45) is 0. The summed E-state index contributed by atoms with van der Waals surface area (Å²) in [6.45, 7) is 0. The zero-order valence-corrected chi connectivity index (χ0v) is 10.7. The lowest BCUT2D eigenvalue weighted by molar-refractivity contribution is 0.607. The maximum absolute atomic E-state index is 11.8. The predicted molar refractivity (Wildman–Crippen MR) is 77.6 cm³/mol. The topological polar surface area (TPSA) is 58.2 Å². The van der Waals surface area contributed by atoms with Gasteiger partial charge in [-0.3, -0.25) is 9.44 Å². The molecule has 0 aromatic heterocycles. The summed E-state index contributed by atoms with van der Waals surface area (Å²) in [4.78, 5) is 0. The van der Waals surface area contributed by atoms with E-state index in [1.807, 2.05) is 48.5 Å². The first-order valence-electron chi connectivity index (χ1n) is 5.90. The number of nitrogens with one attached hydrogen (secondary N) is 2. The Kier molecular flexibility index (Phi) is 1.90. The van der Waals surface area contributed by atoms with E-state index >= 15 is 0 Å². The molecule has 0 atom stereocenters. The summed E-state index contributed by atoms with van der Waals surface area (Å²) < 4.78 is 28.6. The van der Waals surface area contributed by atoms with Crippen molar-refractivity contribution in [1.29, 1.82) is 0 Å². The van der Waals surface area contributed by atoms with Gasteiger partial charge in [0.15, 0.2) is 0 Å². The van der Waals surface area contributed by atoms with E-state index in [-0.39, 0.29) is 0 Å². The van der Waals surface area contributed by atoms with E-state index in [4.69, 9.17) is 0 Å². The molecule has 0 unspecified atom stereocenters. The van der Waals surface area contributed by atoms with Gasteiger partial charge in [0.1, 0.15) is 0 Å². The predicted octanol–water partition coefficient (Wildman–Crippen LogP) is 3.08. The smallest absolute Gasteiger partial charge is 0.264 e. The molecule has 0 amide bonds. The third-order valence-electron chi connectivity index (χ3n) is 3.41. The van der Waals surface area contributed by atoms with Crippen LogP contribution in [0.3, 0.4) is 0 Å². The molecular formula is C14H10N2O2S. The normalized spacial score (nSPS) is 16.0. The minimum Gasteiger partial charge on any atom is -0.264 e. The lowest BCUT2D eigenvalue weighted by atomic mass is 9.99. The molecule has 4 nitrogen and oxygen atoms in total. The molecule has 19 heavy (non-hydrogen) atoms. The van der Waals surface area contributed by atoms with Crippen LogP contribution in [0.1, 0.15) is 0 Å². The summed E-state index contributed by atoms with van der Waals surface area (Å²) in [5.74, 6) is 0. The lowest BCUT2D eigenvalue weighted by Crippen LogP contribution is -2.12. The highest BCUT2D eigenvalue weighted by atomic mass is 32.2. The Morgan fingerprint density at radius 2 is 1.00 bits per heavy atom. The quantitative estimate of drug-likeness (QED) is 0.617. The van der Waals surface area contributed by atoms with E-state index in [9.17, 15) is 8.42 Å². The molecule has 1 aliphatic heterocycles. The van der Waals surface area contributed by atoms with Gasteiger partial charge < -0.3 is 0 Å². The Morgan fingerprint density at radius 3 is 1.42 bits per heavy atom. The molecule has 2 N–H and O–H groups in total. The average Bonchev–Trinajstić information content (AvgIpc) is 2.75. The first-order valence-corrected chi connectivity index (χ1v) is 7.38. The van der Waals surface area contributed by atoms with Gasteiger partial charge in [-0.1, -0.05) is 48.5 Å². The minimum atomic E-state index is -3.49. The van der Waals surface area contributed by atoms with Gasteiger partial charge in [0, 0.05) is 10.8 Å². The Labute approximate surface area is 110 Å². The van der Waals surface area contributed by atoms with Crippen LogP contribution >= 0.6 is 0 Å². The van der Waals surface area contributed by atoms with Gasteiger partial charge in [-0.25, -0.2) is 0 Å². The second-order valence-corrected chi connectivity index (χ2v) is 5.96. The standard InChI is InChI=1S/C14H10N2O2S/c17-19(18)15-13-11-7-3-1-5-9(11)10-6-2-4-8-12(10)14(13)16-19/h1-8,15-16H. The summed E-state index contributed by atoms with van der Waals surface area (Å²) in [5.41, 5.74) is 1.27. The molecule has 0 fully saturated rings. The van der Waals surface area contributed by atoms with E-state index in [2.05, 4.69) is 9.44 Å². The van der Waals surface area contributed by atoms with Crippen molar-refractivity contribution in [2.24, 2.45) is 0 Å². The molecule has 0 saturated heterocycles. The van der Waals surface area contributed by atoms with E-state index in [1.165, 1.54) is 0 Å². The molecule has 0 aliphatic carbocycles. The number of hydrogen-bond acceptors (Lipinski definition) is 2. The van der Waals surface area contributed by atoms with Crippen LogP contribution in [0.5, 0.6) is 0 Å². The van der Waals surface area contributed by atoms with E-state index in [0.717, 1.165) is 21.5 Å². The highest BCUT2D eigenvalue weighted by Gasteiger charge is 2.26. The van der Waals surface area contributed by atoms with E-state index in [0.29, 0.717) is 11.4 Å². The van der Waals surface area contributed by atoms with Gasteiger partial charge in [-0.15, -0.1) is 0 Å². The summed E-state index contributed by atoms with van der Waals surface area (Å²) in [6, 6.07) is 15.6. The highest BCUT2D eigenvalue weighted by Crippen LogP contribution is 2.43. The van der Waals surface area contributed by atoms with Gasteiger partial charge in [0.25, 0.3) is 0 Å². The zero-order chi connectivity index (χ0) is 13.0. The van der Waals surface area contributed by atoms with Crippen LogP contribution in [0.25, 0.3) is 21.5 Å². The van der Waals surface area contributed by atoms with E-state index < -0.39 is 10.2 Å². The van der Waals surface area contributed by atoms with Crippen LogP contribution in [0, 0.1) is 0 Å². The number of fused-ring (bicyclic) bond motifs is 6. The van der Waals surface area contributed by atoms with Crippen molar-refractivity contribution in [3.05, 3.63) is 48.5 Å². The Balaban J connectivity index is 2.30. The van der Waals surface area contributed by atoms with Crippen molar-refractivity contribution in [1.82, 2.24) is 0 Å². The molecule has 1 heterocycles. The van der Waals surface area contributed by atoms with Crippen molar-refractivity contribution in [2.45, 2.75) is 0 Å². The van der Waals surface area contributed by atoms with Crippen molar-refractivity contribution >= 4 is 43.1 Å². The van der Waals surface area contributed by atoms with Crippen LogP contribution in [-0.4, -0.2) is 8.42 Å². The molecule has 0 bridgehead atoms. The van der Waals surface area contributed by atoms with Gasteiger partial charge in [0.05, 0.1) is 11.4 Å². The average molecular weight is 270 g/mol. The SMILES string of the molecule is O=S1(=O)Nc2c(c3ccccc3c3ccccc23)N1. The van der Waals surface area contributed by atoms with Crippen LogP contribution in [0.15, 0.2) is 48.5 Å². The van der Waals surface area contributed by atoms with Crippen molar-refractivity contribution in [2.75, 3.05) is 9.44 Å². The minimum absolute atomic E-state index is 0.634. The fourth-order valence-electron chi connectivity index (χ4n) is 2.65. The largest absolute Gasteiger partial charge is 0.321 e. The molecular weight excluding hydrogens is 260 g/mol. The first kappa shape index (κ1) is 10.6. The fourth-order valence-corrected chi connectivity index (χ4v) is 3.66. The summed E-state index contributed by atoms with van der Waals surface area (Å²) in [7, 11) is -3.49. The Morgan fingerprint density at radius 1 is 0.632 bits per heavy atom. The number of anilines is 2. The Hall–Kier alpha value is -2.27.